The number of amides is 2. The second kappa shape index (κ2) is 10.3. The number of hydrogen-bond donors (Lipinski definition) is 2. The van der Waals surface area contributed by atoms with Crippen LogP contribution in [0.1, 0.15) is 56.9 Å². The van der Waals surface area contributed by atoms with Gasteiger partial charge in [0.05, 0.1) is 31.4 Å². The Kier molecular flexibility index (Phi) is 7.54. The van der Waals surface area contributed by atoms with Crippen molar-refractivity contribution >= 4 is 11.8 Å². The average molecular weight is 479 g/mol. The summed E-state index contributed by atoms with van der Waals surface area (Å²) in [6, 6.07) is 9.97. The first kappa shape index (κ1) is 25.0. The molecule has 4 rings (SSSR count). The summed E-state index contributed by atoms with van der Waals surface area (Å²) >= 11 is 0. The predicted molar refractivity (Wildman–Crippen MR) is 124 cm³/mol. The molecular formula is C25H36F2N4O3. The molecular weight excluding hydrogens is 442 g/mol. The van der Waals surface area contributed by atoms with Crippen LogP contribution in [-0.4, -0.2) is 88.7 Å². The Bertz CT molecular complexity index is 851. The molecule has 2 amide bonds. The lowest BCUT2D eigenvalue weighted by molar-refractivity contribution is -0.147. The molecule has 1 aromatic rings. The summed E-state index contributed by atoms with van der Waals surface area (Å²) in [4.78, 5) is 30.9. The molecule has 1 unspecified atom stereocenters. The molecule has 188 valence electrons. The number of aliphatic hydroxyl groups is 1. The number of likely N-dealkylation sites (tertiary alicyclic amines) is 2. The zero-order valence-corrected chi connectivity index (χ0v) is 19.9. The van der Waals surface area contributed by atoms with Gasteiger partial charge in [0.15, 0.2) is 0 Å². The Morgan fingerprint density at radius 3 is 2.38 bits per heavy atom. The topological polar surface area (TPSA) is 76.1 Å². The number of carbonyl (C=O) groups is 2. The van der Waals surface area contributed by atoms with Crippen molar-refractivity contribution in [1.29, 1.82) is 0 Å². The van der Waals surface area contributed by atoms with Crippen LogP contribution in [0.15, 0.2) is 30.3 Å². The van der Waals surface area contributed by atoms with E-state index in [2.05, 4.69) is 5.32 Å². The van der Waals surface area contributed by atoms with E-state index in [1.807, 2.05) is 47.1 Å². The minimum atomic E-state index is -2.61. The number of piperidine rings is 2. The summed E-state index contributed by atoms with van der Waals surface area (Å²) in [7, 11) is 0. The fourth-order valence-electron chi connectivity index (χ4n) is 5.21. The smallest absolute Gasteiger partial charge is 0.250 e. The number of hydrogen-bond acceptors (Lipinski definition) is 5. The van der Waals surface area contributed by atoms with E-state index in [9.17, 15) is 23.5 Å². The Labute approximate surface area is 200 Å². The highest BCUT2D eigenvalue weighted by Gasteiger charge is 2.41. The normalized spacial score (nSPS) is 26.4. The number of halogens is 2. The van der Waals surface area contributed by atoms with Gasteiger partial charge >= 0.3 is 0 Å². The minimum Gasteiger partial charge on any atom is -0.388 e. The highest BCUT2D eigenvalue weighted by atomic mass is 19.3. The molecule has 3 heterocycles. The van der Waals surface area contributed by atoms with Gasteiger partial charge in [-0.25, -0.2) is 8.78 Å². The van der Waals surface area contributed by atoms with Crippen LogP contribution in [0, 0.1) is 0 Å². The van der Waals surface area contributed by atoms with Gasteiger partial charge in [-0.05, 0) is 24.3 Å². The second-order valence-corrected chi connectivity index (χ2v) is 10.2. The quantitative estimate of drug-likeness (QED) is 0.657. The van der Waals surface area contributed by atoms with Crippen molar-refractivity contribution in [2.24, 2.45) is 0 Å². The van der Waals surface area contributed by atoms with E-state index in [0.29, 0.717) is 32.4 Å². The van der Waals surface area contributed by atoms with E-state index < -0.39 is 11.5 Å². The molecule has 0 radical (unpaired) electrons. The standard InChI is InChI=1S/C25H36F2N4O3/c1-19(20-5-3-2-4-6-20)15-22(32)30-11-7-24(34,8-12-30)17-31-18-28-21(16-23(31)33)29-13-9-25(26,27)10-14-29/h2-6,19,21,28,34H,7-18H2,1H3/t19-,21?/m1/s1. The summed E-state index contributed by atoms with van der Waals surface area (Å²) in [6.45, 7) is 4.03. The van der Waals surface area contributed by atoms with E-state index in [1.165, 1.54) is 0 Å². The zero-order chi connectivity index (χ0) is 24.3. The maximum absolute atomic E-state index is 13.4. The first-order valence-corrected chi connectivity index (χ1v) is 12.3. The lowest BCUT2D eigenvalue weighted by Gasteiger charge is -2.45. The van der Waals surface area contributed by atoms with E-state index in [-0.39, 0.29) is 69.5 Å². The number of nitrogens with zero attached hydrogens (tertiary/aromatic N) is 3. The Morgan fingerprint density at radius 1 is 1.12 bits per heavy atom. The van der Waals surface area contributed by atoms with Crippen LogP contribution < -0.4 is 5.32 Å². The van der Waals surface area contributed by atoms with Crippen LogP contribution in [0.2, 0.25) is 0 Å². The van der Waals surface area contributed by atoms with E-state index in [1.54, 1.807) is 4.90 Å². The molecule has 2 atom stereocenters. The molecule has 3 aliphatic heterocycles. The van der Waals surface area contributed by atoms with E-state index >= 15 is 0 Å². The number of alkyl halides is 2. The third-order valence-electron chi connectivity index (χ3n) is 7.59. The third kappa shape index (κ3) is 6.12. The van der Waals surface area contributed by atoms with Gasteiger partial charge in [0.25, 0.3) is 5.92 Å². The van der Waals surface area contributed by atoms with Gasteiger partial charge in [-0.2, -0.15) is 0 Å². The van der Waals surface area contributed by atoms with Crippen LogP contribution in [0.25, 0.3) is 0 Å². The molecule has 0 spiro atoms. The molecule has 0 saturated carbocycles. The third-order valence-corrected chi connectivity index (χ3v) is 7.59. The molecule has 3 fully saturated rings. The molecule has 0 aromatic heterocycles. The van der Waals surface area contributed by atoms with Crippen molar-refractivity contribution in [3.8, 4) is 0 Å². The van der Waals surface area contributed by atoms with Crippen LogP contribution in [0.3, 0.4) is 0 Å². The van der Waals surface area contributed by atoms with Gasteiger partial charge in [-0.3, -0.25) is 19.8 Å². The summed E-state index contributed by atoms with van der Waals surface area (Å²) in [5, 5.41) is 14.4. The van der Waals surface area contributed by atoms with Crippen molar-refractivity contribution < 1.29 is 23.5 Å². The van der Waals surface area contributed by atoms with E-state index in [4.69, 9.17) is 0 Å². The van der Waals surface area contributed by atoms with Gasteiger partial charge in [0.2, 0.25) is 11.8 Å². The lowest BCUT2D eigenvalue weighted by Crippen LogP contribution is -2.62. The van der Waals surface area contributed by atoms with Gasteiger partial charge < -0.3 is 14.9 Å². The molecule has 2 N–H and O–H groups in total. The highest BCUT2D eigenvalue weighted by Crippen LogP contribution is 2.30. The van der Waals surface area contributed by atoms with Crippen LogP contribution in [-0.2, 0) is 9.59 Å². The Morgan fingerprint density at radius 2 is 1.76 bits per heavy atom. The van der Waals surface area contributed by atoms with Crippen LogP contribution in [0.4, 0.5) is 8.78 Å². The summed E-state index contributed by atoms with van der Waals surface area (Å²) < 4.78 is 26.9. The molecule has 3 aliphatic rings. The minimum absolute atomic E-state index is 0.0790. The van der Waals surface area contributed by atoms with Crippen molar-refractivity contribution in [3.05, 3.63) is 35.9 Å². The molecule has 1 aromatic carbocycles. The Hall–Kier alpha value is -2.10. The molecule has 0 aliphatic carbocycles. The Balaban J connectivity index is 1.22. The number of benzene rings is 1. The maximum atomic E-state index is 13.4. The molecule has 34 heavy (non-hydrogen) atoms. The first-order valence-electron chi connectivity index (χ1n) is 12.3. The van der Waals surface area contributed by atoms with Gasteiger partial charge in [-0.1, -0.05) is 37.3 Å². The van der Waals surface area contributed by atoms with Crippen molar-refractivity contribution in [2.45, 2.75) is 69.1 Å². The van der Waals surface area contributed by atoms with Crippen molar-refractivity contribution in [1.82, 2.24) is 20.0 Å². The van der Waals surface area contributed by atoms with E-state index in [0.717, 1.165) is 5.56 Å². The average Bonchev–Trinajstić information content (AvgIpc) is 2.81. The fraction of sp³-hybridized carbons (Fsp3) is 0.680. The summed E-state index contributed by atoms with van der Waals surface area (Å²) in [5.41, 5.74) is 0.108. The van der Waals surface area contributed by atoms with Crippen molar-refractivity contribution in [2.75, 3.05) is 39.4 Å². The zero-order valence-electron chi connectivity index (χ0n) is 19.9. The molecule has 9 heteroatoms. The first-order chi connectivity index (χ1) is 16.1. The number of rotatable bonds is 6. The van der Waals surface area contributed by atoms with Gasteiger partial charge in [0.1, 0.15) is 0 Å². The van der Waals surface area contributed by atoms with Crippen LogP contribution in [0.5, 0.6) is 0 Å². The summed E-state index contributed by atoms with van der Waals surface area (Å²) in [6.07, 6.45) is 0.898. The second-order valence-electron chi connectivity index (χ2n) is 10.2. The number of nitrogens with one attached hydrogen (secondary N) is 1. The molecule has 0 bridgehead atoms. The number of β-amino-alcohol motifs (C(OH)–C–C–N with tert-alkyl or cyclic N) is 1. The predicted octanol–water partition coefficient (Wildman–Crippen LogP) is 2.37. The highest BCUT2D eigenvalue weighted by molar-refractivity contribution is 5.78. The number of carbonyl (C=O) groups excluding carboxylic acids is 2. The van der Waals surface area contributed by atoms with Gasteiger partial charge in [-0.15, -0.1) is 0 Å². The molecule has 3 saturated heterocycles. The maximum Gasteiger partial charge on any atom is 0.250 e. The van der Waals surface area contributed by atoms with Crippen molar-refractivity contribution in [3.63, 3.8) is 0 Å². The molecule has 7 nitrogen and oxygen atoms in total. The lowest BCUT2D eigenvalue weighted by atomic mass is 9.89. The van der Waals surface area contributed by atoms with Gasteiger partial charge in [0, 0.05) is 45.4 Å². The largest absolute Gasteiger partial charge is 0.388 e. The SMILES string of the molecule is C[C@H](CC(=O)N1CCC(O)(CN2CNC(N3CCC(F)(F)CC3)CC2=O)CC1)c1ccccc1. The summed E-state index contributed by atoms with van der Waals surface area (Å²) in [5.74, 6) is -2.47. The van der Waals surface area contributed by atoms with Crippen LogP contribution >= 0.6 is 0 Å². The fourth-order valence-corrected chi connectivity index (χ4v) is 5.21. The monoisotopic (exact) mass is 478 g/mol.